The Hall–Kier alpha value is -3.74. The second kappa shape index (κ2) is 14.7. The van der Waals surface area contributed by atoms with Gasteiger partial charge in [0.15, 0.2) is 0 Å². The third-order valence-corrected chi connectivity index (χ3v) is 22.1. The van der Waals surface area contributed by atoms with Gasteiger partial charge in [0.1, 0.15) is 0 Å². The number of hydrogen-bond acceptors (Lipinski definition) is 5. The molecular formula is C42H50N2O4SSi2. The van der Waals surface area contributed by atoms with E-state index in [4.69, 9.17) is 8.85 Å². The molecule has 1 fully saturated rings. The molecule has 3 atom stereocenters. The first-order valence-corrected chi connectivity index (χ1v) is 22.5. The normalized spacial score (nSPS) is 18.3. The third kappa shape index (κ3) is 6.94. The summed E-state index contributed by atoms with van der Waals surface area (Å²) in [5.74, 6) is -0.0575. The van der Waals surface area contributed by atoms with E-state index in [0.717, 1.165) is 0 Å². The van der Waals surface area contributed by atoms with Crippen LogP contribution in [0, 0.1) is 12.8 Å². The van der Waals surface area contributed by atoms with Crippen LogP contribution in [0.2, 0.25) is 10.1 Å². The van der Waals surface area contributed by atoms with E-state index in [1.807, 2.05) is 0 Å². The SMILES string of the molecule is Cc1cn([C@H]2S[C@@H](CO[Si](c3ccccc3)(c3ccccc3)C(C)(C)C)[C@@H]2CO[Si](c2ccccc2)(c2ccccc2)C(C)(C)C)c(=O)[nH]c1=O. The molecule has 51 heavy (non-hydrogen) atoms. The molecule has 1 aromatic heterocycles. The lowest BCUT2D eigenvalue weighted by atomic mass is 10.0. The molecule has 6 nitrogen and oxygen atoms in total. The maximum absolute atomic E-state index is 13.3. The zero-order valence-electron chi connectivity index (χ0n) is 30.8. The van der Waals surface area contributed by atoms with Gasteiger partial charge in [-0.05, 0) is 37.7 Å². The molecule has 1 saturated heterocycles. The van der Waals surface area contributed by atoms with Crippen molar-refractivity contribution in [3.63, 3.8) is 0 Å². The van der Waals surface area contributed by atoms with Gasteiger partial charge in [0, 0.05) is 36.1 Å². The summed E-state index contributed by atoms with van der Waals surface area (Å²) < 4.78 is 16.7. The lowest BCUT2D eigenvalue weighted by molar-refractivity contribution is 0.165. The van der Waals surface area contributed by atoms with E-state index in [9.17, 15) is 9.59 Å². The first-order chi connectivity index (χ1) is 24.3. The van der Waals surface area contributed by atoms with Crippen LogP contribution in [-0.2, 0) is 8.85 Å². The van der Waals surface area contributed by atoms with E-state index in [0.29, 0.717) is 18.8 Å². The van der Waals surface area contributed by atoms with Crippen molar-refractivity contribution in [2.75, 3.05) is 13.2 Å². The maximum atomic E-state index is 13.3. The summed E-state index contributed by atoms with van der Waals surface area (Å²) in [7, 11) is -5.68. The van der Waals surface area contributed by atoms with Crippen molar-refractivity contribution in [2.24, 2.45) is 5.92 Å². The largest absolute Gasteiger partial charge is 0.407 e. The van der Waals surface area contributed by atoms with Crippen molar-refractivity contribution in [1.29, 1.82) is 0 Å². The summed E-state index contributed by atoms with van der Waals surface area (Å²) in [5, 5.41) is 4.35. The molecule has 1 N–H and O–H groups in total. The van der Waals surface area contributed by atoms with Crippen LogP contribution in [0.25, 0.3) is 0 Å². The summed E-state index contributed by atoms with van der Waals surface area (Å²) in [6.45, 7) is 16.4. The van der Waals surface area contributed by atoms with Crippen molar-refractivity contribution in [1.82, 2.24) is 9.55 Å². The van der Waals surface area contributed by atoms with Crippen molar-refractivity contribution in [3.05, 3.63) is 154 Å². The van der Waals surface area contributed by atoms with E-state index in [2.05, 4.69) is 168 Å². The number of rotatable bonds is 11. The Kier molecular flexibility index (Phi) is 10.7. The quantitative estimate of drug-likeness (QED) is 0.163. The molecule has 4 aromatic carbocycles. The van der Waals surface area contributed by atoms with Gasteiger partial charge in [-0.2, -0.15) is 0 Å². The van der Waals surface area contributed by atoms with E-state index in [1.54, 1.807) is 29.4 Å². The second-order valence-corrected chi connectivity index (χ2v) is 25.6. The minimum Gasteiger partial charge on any atom is -0.407 e. The molecule has 0 radical (unpaired) electrons. The molecule has 2 heterocycles. The smallest absolute Gasteiger partial charge is 0.329 e. The predicted octanol–water partition coefficient (Wildman–Crippen LogP) is 6.23. The highest BCUT2D eigenvalue weighted by molar-refractivity contribution is 8.01. The molecule has 5 aromatic rings. The molecule has 0 spiro atoms. The zero-order valence-corrected chi connectivity index (χ0v) is 33.6. The maximum Gasteiger partial charge on any atom is 0.329 e. The number of H-pyrrole nitrogens is 1. The summed E-state index contributed by atoms with van der Waals surface area (Å²) in [5.41, 5.74) is -0.244. The highest BCUT2D eigenvalue weighted by atomic mass is 32.2. The molecule has 0 unspecified atom stereocenters. The van der Waals surface area contributed by atoms with Crippen molar-refractivity contribution < 1.29 is 8.85 Å². The Morgan fingerprint density at radius 2 is 1.00 bits per heavy atom. The molecule has 6 rings (SSSR count). The molecular weight excluding hydrogens is 685 g/mol. The van der Waals surface area contributed by atoms with Gasteiger partial charge in [0.05, 0.1) is 5.37 Å². The number of thioether (sulfide) groups is 1. The van der Waals surface area contributed by atoms with Crippen LogP contribution in [0.3, 0.4) is 0 Å². The molecule has 0 saturated carbocycles. The summed E-state index contributed by atoms with van der Waals surface area (Å²) >= 11 is 1.73. The Bertz CT molecular complexity index is 1950. The Balaban J connectivity index is 1.42. The Labute approximate surface area is 308 Å². The molecule has 9 heteroatoms. The topological polar surface area (TPSA) is 73.3 Å². The lowest BCUT2D eigenvalue weighted by Crippen LogP contribution is -2.68. The van der Waals surface area contributed by atoms with Crippen LogP contribution in [0.1, 0.15) is 52.5 Å². The van der Waals surface area contributed by atoms with Crippen LogP contribution in [0.5, 0.6) is 0 Å². The van der Waals surface area contributed by atoms with Gasteiger partial charge >= 0.3 is 5.69 Å². The molecule has 1 aliphatic heterocycles. The van der Waals surface area contributed by atoms with Crippen molar-refractivity contribution >= 4 is 49.1 Å². The highest BCUT2D eigenvalue weighted by Crippen LogP contribution is 2.51. The van der Waals surface area contributed by atoms with Crippen LogP contribution in [-0.4, -0.2) is 44.6 Å². The average Bonchev–Trinajstić information content (AvgIpc) is 3.10. The van der Waals surface area contributed by atoms with Crippen LogP contribution in [0.4, 0.5) is 0 Å². The van der Waals surface area contributed by atoms with E-state index < -0.39 is 22.3 Å². The predicted molar refractivity (Wildman–Crippen MR) is 217 cm³/mol. The van der Waals surface area contributed by atoms with Gasteiger partial charge in [-0.3, -0.25) is 14.3 Å². The lowest BCUT2D eigenvalue weighted by Gasteiger charge is -2.50. The molecule has 0 bridgehead atoms. The number of aromatic nitrogens is 2. The zero-order chi connectivity index (χ0) is 36.4. The minimum absolute atomic E-state index is 0.0500. The van der Waals surface area contributed by atoms with Crippen LogP contribution < -0.4 is 32.0 Å². The van der Waals surface area contributed by atoms with Crippen LogP contribution in [0.15, 0.2) is 137 Å². The highest BCUT2D eigenvalue weighted by Gasteiger charge is 2.55. The van der Waals surface area contributed by atoms with E-state index in [-0.39, 0.29) is 32.2 Å². The number of aryl methyl sites for hydroxylation is 1. The number of benzene rings is 4. The summed E-state index contributed by atoms with van der Waals surface area (Å²) in [4.78, 5) is 28.3. The number of nitrogens with zero attached hydrogens (tertiary/aromatic N) is 1. The number of nitrogens with one attached hydrogen (secondary N) is 1. The fraction of sp³-hybridized carbons (Fsp3) is 0.333. The Morgan fingerprint density at radius 1 is 0.627 bits per heavy atom. The third-order valence-electron chi connectivity index (χ3n) is 10.4. The number of hydrogen-bond donors (Lipinski definition) is 1. The second-order valence-electron chi connectivity index (χ2n) is 15.7. The van der Waals surface area contributed by atoms with Crippen molar-refractivity contribution in [2.45, 2.75) is 69.2 Å². The fourth-order valence-corrected chi connectivity index (χ4v) is 18.5. The minimum atomic E-state index is -2.87. The van der Waals surface area contributed by atoms with E-state index >= 15 is 0 Å². The van der Waals surface area contributed by atoms with Gasteiger partial charge in [0.2, 0.25) is 0 Å². The molecule has 266 valence electrons. The van der Waals surface area contributed by atoms with Gasteiger partial charge in [-0.15, -0.1) is 11.8 Å². The summed E-state index contributed by atoms with van der Waals surface area (Å²) in [6, 6.07) is 42.7. The number of aromatic amines is 1. The first kappa shape index (κ1) is 37.0. The molecule has 1 aliphatic rings. The van der Waals surface area contributed by atoms with Crippen molar-refractivity contribution in [3.8, 4) is 0 Å². The van der Waals surface area contributed by atoms with Gasteiger partial charge in [-0.1, -0.05) is 163 Å². The monoisotopic (exact) mass is 734 g/mol. The van der Waals surface area contributed by atoms with E-state index in [1.165, 1.54) is 20.7 Å². The summed E-state index contributed by atoms with van der Waals surface area (Å²) in [6.07, 6.45) is 1.70. The molecule has 0 amide bonds. The first-order valence-electron chi connectivity index (χ1n) is 17.8. The van der Waals surface area contributed by atoms with Gasteiger partial charge in [-0.25, -0.2) is 4.79 Å². The average molecular weight is 735 g/mol. The van der Waals surface area contributed by atoms with Crippen LogP contribution >= 0.6 is 11.8 Å². The molecule has 0 aliphatic carbocycles. The Morgan fingerprint density at radius 3 is 1.37 bits per heavy atom. The standard InChI is InChI=1S/C42H50N2O4SSi2/c1-31-28-44(40(46)43-38(31)45)39-36(29-47-50(41(2,3)4,32-20-12-8-13-21-32)33-22-14-9-15-23-33)37(49-39)30-48-51(42(5,6)7,34-24-16-10-17-25-34)35-26-18-11-19-27-35/h8-28,36-37,39H,29-30H2,1-7H3,(H,43,45,46)/t36-,37-,39-/m0/s1. The van der Waals surface area contributed by atoms with Gasteiger partial charge < -0.3 is 8.85 Å². The fourth-order valence-electron chi connectivity index (χ4n) is 7.83. The van der Waals surface area contributed by atoms with Gasteiger partial charge in [0.25, 0.3) is 22.2 Å².